The average molecular weight is 555 g/mol. The Hall–Kier alpha value is -3.57. The van der Waals surface area contributed by atoms with Gasteiger partial charge < -0.3 is 14.8 Å². The standard InChI is InChI=1S/C28H32F2N6O2S/c1-35(2)22-11-9-21(10-12-22)32-28-31-15-23-24(16-36(3)27(23)33-28)19-6-13-25(30)26(14-19)34-39(37,38)17-18-4-7-20(29)8-5-18/h4-8,13-16,21-22,34H,9-12,17H2,1-3H3,(H,31,32,33). The van der Waals surface area contributed by atoms with E-state index >= 15 is 0 Å². The number of hydrogen-bond acceptors (Lipinski definition) is 6. The van der Waals surface area contributed by atoms with Crippen LogP contribution >= 0.6 is 0 Å². The van der Waals surface area contributed by atoms with Gasteiger partial charge in [0.2, 0.25) is 16.0 Å². The molecule has 1 saturated carbocycles. The highest BCUT2D eigenvalue weighted by molar-refractivity contribution is 7.91. The van der Waals surface area contributed by atoms with Crippen LogP contribution in [0.4, 0.5) is 20.4 Å². The normalized spacial score (nSPS) is 18.0. The number of fused-ring (bicyclic) bond motifs is 1. The fraction of sp³-hybridized carbons (Fsp3) is 0.357. The molecule has 0 unspecified atom stereocenters. The zero-order valence-electron chi connectivity index (χ0n) is 22.2. The number of sulfonamides is 1. The second-order valence-corrected chi connectivity index (χ2v) is 12.1. The molecule has 2 aromatic heterocycles. The van der Waals surface area contributed by atoms with Gasteiger partial charge in [0.1, 0.15) is 17.3 Å². The van der Waals surface area contributed by atoms with E-state index in [9.17, 15) is 17.2 Å². The van der Waals surface area contributed by atoms with Crippen molar-refractivity contribution >= 4 is 32.7 Å². The maximum Gasteiger partial charge on any atom is 0.237 e. The Kier molecular flexibility index (Phi) is 7.55. The first kappa shape index (κ1) is 27.0. The van der Waals surface area contributed by atoms with Crippen LogP contribution in [0.15, 0.2) is 54.9 Å². The summed E-state index contributed by atoms with van der Waals surface area (Å²) in [6.07, 6.45) is 7.97. The summed E-state index contributed by atoms with van der Waals surface area (Å²) in [6.45, 7) is 0. The first-order valence-electron chi connectivity index (χ1n) is 12.9. The molecule has 8 nitrogen and oxygen atoms in total. The van der Waals surface area contributed by atoms with Crippen molar-refractivity contribution < 1.29 is 17.2 Å². The molecule has 0 spiro atoms. The highest BCUT2D eigenvalue weighted by Crippen LogP contribution is 2.33. The summed E-state index contributed by atoms with van der Waals surface area (Å²) >= 11 is 0. The quantitative estimate of drug-likeness (QED) is 0.313. The third-order valence-electron chi connectivity index (χ3n) is 7.29. The van der Waals surface area contributed by atoms with E-state index in [1.54, 1.807) is 12.3 Å². The molecule has 1 fully saturated rings. The van der Waals surface area contributed by atoms with Gasteiger partial charge >= 0.3 is 0 Å². The summed E-state index contributed by atoms with van der Waals surface area (Å²) in [5.41, 5.74) is 2.31. The number of rotatable bonds is 8. The van der Waals surface area contributed by atoms with E-state index in [2.05, 4.69) is 34.0 Å². The topological polar surface area (TPSA) is 92.1 Å². The summed E-state index contributed by atoms with van der Waals surface area (Å²) in [7, 11) is 2.18. The van der Waals surface area contributed by atoms with Crippen LogP contribution in [0.3, 0.4) is 0 Å². The molecule has 0 radical (unpaired) electrons. The van der Waals surface area contributed by atoms with Crippen molar-refractivity contribution in [2.75, 3.05) is 24.1 Å². The molecule has 0 saturated heterocycles. The third-order valence-corrected chi connectivity index (χ3v) is 8.53. The van der Waals surface area contributed by atoms with E-state index in [4.69, 9.17) is 4.98 Å². The van der Waals surface area contributed by atoms with Gasteiger partial charge in [0.15, 0.2) is 0 Å². The first-order valence-corrected chi connectivity index (χ1v) is 14.5. The number of benzene rings is 2. The lowest BCUT2D eigenvalue weighted by molar-refractivity contribution is 0.221. The first-order chi connectivity index (χ1) is 18.6. The molecule has 5 rings (SSSR count). The number of halogens is 2. The number of aromatic nitrogens is 3. The molecule has 11 heteroatoms. The number of aryl methyl sites for hydroxylation is 1. The van der Waals surface area contributed by atoms with Crippen LogP contribution in [0.25, 0.3) is 22.2 Å². The number of nitrogens with one attached hydrogen (secondary N) is 2. The van der Waals surface area contributed by atoms with E-state index < -0.39 is 27.4 Å². The maximum atomic E-state index is 14.7. The minimum absolute atomic E-state index is 0.167. The van der Waals surface area contributed by atoms with Crippen molar-refractivity contribution in [1.29, 1.82) is 0 Å². The molecule has 1 aliphatic rings. The molecule has 1 aliphatic carbocycles. The molecular formula is C28H32F2N6O2S. The third kappa shape index (κ3) is 6.20. The molecule has 39 heavy (non-hydrogen) atoms. The van der Waals surface area contributed by atoms with Gasteiger partial charge in [0, 0.05) is 42.5 Å². The average Bonchev–Trinajstić information content (AvgIpc) is 3.22. The zero-order valence-corrected chi connectivity index (χ0v) is 23.0. The highest BCUT2D eigenvalue weighted by Gasteiger charge is 2.23. The van der Waals surface area contributed by atoms with E-state index in [0.29, 0.717) is 34.8 Å². The summed E-state index contributed by atoms with van der Waals surface area (Å²) in [5.74, 6) is -1.01. The number of hydrogen-bond donors (Lipinski definition) is 2. The van der Waals surface area contributed by atoms with Crippen molar-refractivity contribution in [3.63, 3.8) is 0 Å². The Balaban J connectivity index is 1.36. The van der Waals surface area contributed by atoms with Crippen molar-refractivity contribution in [3.05, 3.63) is 72.1 Å². The van der Waals surface area contributed by atoms with Gasteiger partial charge in [-0.2, -0.15) is 4.98 Å². The molecule has 0 amide bonds. The van der Waals surface area contributed by atoms with E-state index in [1.807, 2.05) is 17.8 Å². The predicted molar refractivity (Wildman–Crippen MR) is 150 cm³/mol. The lowest BCUT2D eigenvalue weighted by Crippen LogP contribution is -2.36. The Morgan fingerprint density at radius 1 is 1.05 bits per heavy atom. The van der Waals surface area contributed by atoms with E-state index in [1.165, 1.54) is 36.4 Å². The van der Waals surface area contributed by atoms with Crippen LogP contribution in [-0.4, -0.2) is 54.0 Å². The predicted octanol–water partition coefficient (Wildman–Crippen LogP) is 5.14. The monoisotopic (exact) mass is 554 g/mol. The van der Waals surface area contributed by atoms with E-state index in [0.717, 1.165) is 36.6 Å². The molecule has 4 aromatic rings. The fourth-order valence-electron chi connectivity index (χ4n) is 5.15. The van der Waals surface area contributed by atoms with Crippen LogP contribution in [-0.2, 0) is 22.8 Å². The van der Waals surface area contributed by atoms with Crippen LogP contribution < -0.4 is 10.0 Å². The minimum Gasteiger partial charge on any atom is -0.351 e. The largest absolute Gasteiger partial charge is 0.351 e. The Bertz CT molecular complexity index is 1580. The Labute approximate surface area is 227 Å². The Morgan fingerprint density at radius 3 is 2.46 bits per heavy atom. The zero-order chi connectivity index (χ0) is 27.7. The molecule has 0 bridgehead atoms. The van der Waals surface area contributed by atoms with Crippen LogP contribution in [0.1, 0.15) is 31.2 Å². The SMILES string of the molecule is CN(C)C1CCC(Nc2ncc3c(-c4ccc(F)c(NS(=O)(=O)Cc5ccc(F)cc5)c4)cn(C)c3n2)CC1. The lowest BCUT2D eigenvalue weighted by atomic mass is 9.91. The molecule has 2 aromatic carbocycles. The van der Waals surface area contributed by atoms with Crippen LogP contribution in [0.2, 0.25) is 0 Å². The molecule has 2 N–H and O–H groups in total. The number of nitrogens with zero attached hydrogens (tertiary/aromatic N) is 4. The van der Waals surface area contributed by atoms with Gasteiger partial charge in [-0.25, -0.2) is 22.2 Å². The number of anilines is 2. The molecule has 2 heterocycles. The van der Waals surface area contributed by atoms with Crippen molar-refractivity contribution in [3.8, 4) is 11.1 Å². The fourth-order valence-corrected chi connectivity index (χ4v) is 6.34. The Morgan fingerprint density at radius 2 is 1.77 bits per heavy atom. The molecule has 0 atom stereocenters. The second kappa shape index (κ2) is 10.9. The van der Waals surface area contributed by atoms with Gasteiger partial charge in [0.25, 0.3) is 0 Å². The summed E-state index contributed by atoms with van der Waals surface area (Å²) in [4.78, 5) is 11.6. The minimum atomic E-state index is -3.94. The summed E-state index contributed by atoms with van der Waals surface area (Å²) in [5, 5.41) is 4.24. The van der Waals surface area contributed by atoms with Crippen molar-refractivity contribution in [2.45, 2.75) is 43.5 Å². The van der Waals surface area contributed by atoms with Gasteiger partial charge in [-0.15, -0.1) is 0 Å². The second-order valence-electron chi connectivity index (χ2n) is 10.4. The summed E-state index contributed by atoms with van der Waals surface area (Å²) < 4.78 is 57.5. The maximum absolute atomic E-state index is 14.7. The van der Waals surface area contributed by atoms with Crippen molar-refractivity contribution in [2.24, 2.45) is 7.05 Å². The van der Waals surface area contributed by atoms with E-state index in [-0.39, 0.29) is 5.69 Å². The van der Waals surface area contributed by atoms with Crippen LogP contribution in [0, 0.1) is 11.6 Å². The highest BCUT2D eigenvalue weighted by atomic mass is 32.2. The smallest absolute Gasteiger partial charge is 0.237 e. The van der Waals surface area contributed by atoms with Crippen molar-refractivity contribution in [1.82, 2.24) is 19.4 Å². The lowest BCUT2D eigenvalue weighted by Gasteiger charge is -2.32. The van der Waals surface area contributed by atoms with Gasteiger partial charge in [0.05, 0.1) is 11.4 Å². The van der Waals surface area contributed by atoms with Gasteiger partial charge in [-0.05, 0) is 75.2 Å². The molecule has 0 aliphatic heterocycles. The summed E-state index contributed by atoms with van der Waals surface area (Å²) in [6, 6.07) is 10.3. The van der Waals surface area contributed by atoms with Gasteiger partial charge in [-0.1, -0.05) is 18.2 Å². The molecule has 206 valence electrons. The molecular weight excluding hydrogens is 522 g/mol. The van der Waals surface area contributed by atoms with Gasteiger partial charge in [-0.3, -0.25) is 4.72 Å². The van der Waals surface area contributed by atoms with Crippen LogP contribution in [0.5, 0.6) is 0 Å².